The minimum absolute atomic E-state index is 0.0148. The van der Waals surface area contributed by atoms with Crippen LogP contribution in [0.15, 0.2) is 40.8 Å². The summed E-state index contributed by atoms with van der Waals surface area (Å²) in [6.07, 6.45) is 0. The number of aliphatic hydroxyl groups is 1. The monoisotopic (exact) mass is 260 g/mol. The summed E-state index contributed by atoms with van der Waals surface area (Å²) >= 11 is 0. The predicted octanol–water partition coefficient (Wildman–Crippen LogP) is 1.16. The van der Waals surface area contributed by atoms with Gasteiger partial charge >= 0.3 is 0 Å². The molecule has 0 bridgehead atoms. The van der Waals surface area contributed by atoms with Crippen molar-refractivity contribution in [3.05, 3.63) is 59.0 Å². The standard InChI is InChI=1S/C14H16N2O3/c15-7-12-5-6-13(19-12)14(18)16-8-10-1-3-11(9-17)4-2-10/h1-6,17H,7-9,15H2,(H,16,18). The number of nitrogens with one attached hydrogen (secondary N) is 1. The van der Waals surface area contributed by atoms with Gasteiger partial charge in [-0.3, -0.25) is 4.79 Å². The van der Waals surface area contributed by atoms with Crippen molar-refractivity contribution in [3.8, 4) is 0 Å². The first-order valence-corrected chi connectivity index (χ1v) is 5.98. The number of hydrogen-bond acceptors (Lipinski definition) is 4. The normalized spacial score (nSPS) is 10.4. The average molecular weight is 260 g/mol. The molecule has 0 radical (unpaired) electrons. The number of hydrogen-bond donors (Lipinski definition) is 3. The molecular weight excluding hydrogens is 244 g/mol. The third kappa shape index (κ3) is 3.43. The first-order chi connectivity index (χ1) is 9.22. The molecule has 4 N–H and O–H groups in total. The van der Waals surface area contributed by atoms with Gasteiger partial charge in [0, 0.05) is 6.54 Å². The maximum atomic E-state index is 11.8. The third-order valence-corrected chi connectivity index (χ3v) is 2.75. The van der Waals surface area contributed by atoms with Gasteiger partial charge in [-0.25, -0.2) is 0 Å². The molecule has 1 heterocycles. The van der Waals surface area contributed by atoms with Crippen LogP contribution in [0.25, 0.3) is 0 Å². The second-order valence-corrected chi connectivity index (χ2v) is 4.13. The van der Waals surface area contributed by atoms with Crippen LogP contribution in [-0.4, -0.2) is 11.0 Å². The van der Waals surface area contributed by atoms with Crippen LogP contribution in [0.2, 0.25) is 0 Å². The van der Waals surface area contributed by atoms with Crippen molar-refractivity contribution in [2.75, 3.05) is 0 Å². The SMILES string of the molecule is NCc1ccc(C(=O)NCc2ccc(CO)cc2)o1. The highest BCUT2D eigenvalue weighted by atomic mass is 16.4. The van der Waals surface area contributed by atoms with E-state index in [0.29, 0.717) is 12.3 Å². The smallest absolute Gasteiger partial charge is 0.287 e. The number of rotatable bonds is 5. The van der Waals surface area contributed by atoms with E-state index in [-0.39, 0.29) is 24.8 Å². The summed E-state index contributed by atoms with van der Waals surface area (Å²) in [7, 11) is 0. The van der Waals surface area contributed by atoms with Crippen LogP contribution in [0, 0.1) is 0 Å². The number of amides is 1. The van der Waals surface area contributed by atoms with E-state index in [9.17, 15) is 4.79 Å². The van der Waals surface area contributed by atoms with Crippen LogP contribution in [0.4, 0.5) is 0 Å². The number of carbonyl (C=O) groups is 1. The highest BCUT2D eigenvalue weighted by molar-refractivity contribution is 5.91. The summed E-state index contributed by atoms with van der Waals surface area (Å²) in [5, 5.41) is 11.7. The molecule has 0 atom stereocenters. The minimum Gasteiger partial charge on any atom is -0.455 e. The lowest BCUT2D eigenvalue weighted by Crippen LogP contribution is -2.22. The topological polar surface area (TPSA) is 88.5 Å². The molecule has 0 aliphatic heterocycles. The molecule has 100 valence electrons. The van der Waals surface area contributed by atoms with Crippen LogP contribution >= 0.6 is 0 Å². The molecule has 5 heteroatoms. The van der Waals surface area contributed by atoms with E-state index in [4.69, 9.17) is 15.3 Å². The molecule has 19 heavy (non-hydrogen) atoms. The molecule has 0 aliphatic carbocycles. The molecule has 0 unspecified atom stereocenters. The van der Waals surface area contributed by atoms with Gasteiger partial charge in [0.1, 0.15) is 5.76 Å². The van der Waals surface area contributed by atoms with Crippen LogP contribution < -0.4 is 11.1 Å². The Morgan fingerprint density at radius 3 is 2.42 bits per heavy atom. The van der Waals surface area contributed by atoms with E-state index in [0.717, 1.165) is 11.1 Å². The molecule has 1 aromatic heterocycles. The Balaban J connectivity index is 1.92. The van der Waals surface area contributed by atoms with Gasteiger partial charge in [0.25, 0.3) is 5.91 Å². The van der Waals surface area contributed by atoms with Crippen molar-refractivity contribution < 1.29 is 14.3 Å². The maximum Gasteiger partial charge on any atom is 0.287 e. The zero-order valence-corrected chi connectivity index (χ0v) is 10.4. The Bertz CT molecular complexity index is 546. The Labute approximate surface area is 111 Å². The second kappa shape index (κ2) is 6.17. The van der Waals surface area contributed by atoms with Crippen molar-refractivity contribution in [1.29, 1.82) is 0 Å². The summed E-state index contributed by atoms with van der Waals surface area (Å²) in [5.74, 6) is 0.566. The highest BCUT2D eigenvalue weighted by Gasteiger charge is 2.10. The molecule has 0 saturated heterocycles. The minimum atomic E-state index is -0.272. The Kier molecular flexibility index (Phi) is 4.33. The van der Waals surface area contributed by atoms with Crippen molar-refractivity contribution in [2.24, 2.45) is 5.73 Å². The Morgan fingerprint density at radius 2 is 1.84 bits per heavy atom. The fourth-order valence-electron chi connectivity index (χ4n) is 1.64. The fourth-order valence-corrected chi connectivity index (χ4v) is 1.64. The van der Waals surface area contributed by atoms with Crippen molar-refractivity contribution in [2.45, 2.75) is 19.7 Å². The molecule has 2 rings (SSSR count). The lowest BCUT2D eigenvalue weighted by atomic mass is 10.1. The quantitative estimate of drug-likeness (QED) is 0.752. The van der Waals surface area contributed by atoms with Gasteiger partial charge in [-0.1, -0.05) is 24.3 Å². The van der Waals surface area contributed by atoms with E-state index in [1.54, 1.807) is 12.1 Å². The van der Waals surface area contributed by atoms with Crippen LogP contribution in [-0.2, 0) is 19.7 Å². The van der Waals surface area contributed by atoms with E-state index in [1.165, 1.54) is 0 Å². The molecule has 0 aliphatic rings. The lowest BCUT2D eigenvalue weighted by Gasteiger charge is -2.04. The third-order valence-electron chi connectivity index (χ3n) is 2.75. The number of benzene rings is 1. The molecule has 0 spiro atoms. The molecule has 5 nitrogen and oxygen atoms in total. The van der Waals surface area contributed by atoms with E-state index < -0.39 is 0 Å². The van der Waals surface area contributed by atoms with E-state index >= 15 is 0 Å². The van der Waals surface area contributed by atoms with Gasteiger partial charge in [0.05, 0.1) is 13.2 Å². The molecule has 1 aromatic carbocycles. The first kappa shape index (κ1) is 13.3. The number of furan rings is 1. The second-order valence-electron chi connectivity index (χ2n) is 4.13. The summed E-state index contributed by atoms with van der Waals surface area (Å²) in [5.41, 5.74) is 7.21. The number of nitrogens with two attached hydrogens (primary N) is 1. The average Bonchev–Trinajstić information content (AvgIpc) is 2.94. The zero-order chi connectivity index (χ0) is 13.7. The summed E-state index contributed by atoms with van der Waals surface area (Å²) in [4.78, 5) is 11.8. The summed E-state index contributed by atoms with van der Waals surface area (Å²) in [6, 6.07) is 10.7. The van der Waals surface area contributed by atoms with Gasteiger partial charge in [-0.15, -0.1) is 0 Å². The molecule has 0 fully saturated rings. The van der Waals surface area contributed by atoms with E-state index in [1.807, 2.05) is 24.3 Å². The summed E-state index contributed by atoms with van der Waals surface area (Å²) in [6.45, 7) is 0.694. The Morgan fingerprint density at radius 1 is 1.16 bits per heavy atom. The largest absolute Gasteiger partial charge is 0.455 e. The van der Waals surface area contributed by atoms with E-state index in [2.05, 4.69) is 5.32 Å². The van der Waals surface area contributed by atoms with Gasteiger partial charge in [0.2, 0.25) is 0 Å². The molecule has 0 saturated carbocycles. The van der Waals surface area contributed by atoms with Gasteiger partial charge in [0.15, 0.2) is 5.76 Å². The van der Waals surface area contributed by atoms with Gasteiger partial charge in [-0.05, 0) is 23.3 Å². The molecule has 1 amide bonds. The van der Waals surface area contributed by atoms with Crippen LogP contribution in [0.1, 0.15) is 27.4 Å². The van der Waals surface area contributed by atoms with Gasteiger partial charge < -0.3 is 20.6 Å². The van der Waals surface area contributed by atoms with Crippen molar-refractivity contribution in [1.82, 2.24) is 5.32 Å². The lowest BCUT2D eigenvalue weighted by molar-refractivity contribution is 0.0921. The van der Waals surface area contributed by atoms with Crippen LogP contribution in [0.3, 0.4) is 0 Å². The van der Waals surface area contributed by atoms with Gasteiger partial charge in [-0.2, -0.15) is 0 Å². The first-order valence-electron chi connectivity index (χ1n) is 5.98. The van der Waals surface area contributed by atoms with Crippen LogP contribution in [0.5, 0.6) is 0 Å². The van der Waals surface area contributed by atoms with Crippen molar-refractivity contribution >= 4 is 5.91 Å². The summed E-state index contributed by atoms with van der Waals surface area (Å²) < 4.78 is 5.25. The van der Waals surface area contributed by atoms with Crippen molar-refractivity contribution in [3.63, 3.8) is 0 Å². The highest BCUT2D eigenvalue weighted by Crippen LogP contribution is 2.08. The maximum absolute atomic E-state index is 11.8. The Hall–Kier alpha value is -2.11. The molecular formula is C14H16N2O3. The molecule has 2 aromatic rings. The number of aliphatic hydroxyl groups excluding tert-OH is 1. The number of carbonyl (C=O) groups excluding carboxylic acids is 1. The fraction of sp³-hybridized carbons (Fsp3) is 0.214. The zero-order valence-electron chi connectivity index (χ0n) is 10.4. The predicted molar refractivity (Wildman–Crippen MR) is 70.1 cm³/mol.